The summed E-state index contributed by atoms with van der Waals surface area (Å²) in [7, 11) is 0. The summed E-state index contributed by atoms with van der Waals surface area (Å²) in [6.07, 6.45) is -6.38. The highest BCUT2D eigenvalue weighted by atomic mass is 19.4. The molecule has 0 aliphatic carbocycles. The van der Waals surface area contributed by atoms with Gasteiger partial charge in [-0.25, -0.2) is 4.79 Å². The highest BCUT2D eigenvalue weighted by molar-refractivity contribution is 5.89. The molecular formula is C24H21F3O3. The quantitative estimate of drug-likeness (QED) is 0.505. The summed E-state index contributed by atoms with van der Waals surface area (Å²) in [6.45, 7) is 1.69. The third-order valence-electron chi connectivity index (χ3n) is 4.93. The van der Waals surface area contributed by atoms with Crippen molar-refractivity contribution in [2.45, 2.75) is 25.3 Å². The van der Waals surface area contributed by atoms with E-state index in [2.05, 4.69) is 0 Å². The number of benzene rings is 3. The molecule has 1 N–H and O–H groups in total. The Hall–Kier alpha value is -3.12. The molecule has 0 bridgehead atoms. The fraction of sp³-hybridized carbons (Fsp3) is 0.208. The van der Waals surface area contributed by atoms with Gasteiger partial charge in [-0.1, -0.05) is 67.6 Å². The molecule has 0 spiro atoms. The zero-order valence-electron chi connectivity index (χ0n) is 16.2. The molecule has 0 radical (unpaired) electrons. The maximum absolute atomic E-state index is 12.8. The number of ether oxygens (including phenoxy) is 1. The van der Waals surface area contributed by atoms with E-state index in [1.54, 1.807) is 61.5 Å². The Balaban J connectivity index is 1.86. The lowest BCUT2D eigenvalue weighted by Crippen LogP contribution is -2.23. The summed E-state index contributed by atoms with van der Waals surface area (Å²) in [5.41, 5.74) is 0.573. The molecule has 0 aliphatic heterocycles. The molecule has 0 aliphatic rings. The van der Waals surface area contributed by atoms with Crippen LogP contribution in [0.5, 0.6) is 0 Å². The maximum Gasteiger partial charge on any atom is 0.416 e. The first kappa shape index (κ1) is 21.6. The summed E-state index contributed by atoms with van der Waals surface area (Å²) in [5.74, 6) is -1.16. The molecule has 156 valence electrons. The number of esters is 1. The minimum atomic E-state index is -4.45. The van der Waals surface area contributed by atoms with Crippen LogP contribution in [0.2, 0.25) is 0 Å². The maximum atomic E-state index is 12.8. The van der Waals surface area contributed by atoms with Crippen LogP contribution in [0.15, 0.2) is 84.9 Å². The molecule has 3 nitrogen and oxygen atoms in total. The van der Waals surface area contributed by atoms with Crippen molar-refractivity contribution in [1.29, 1.82) is 0 Å². The zero-order chi connectivity index (χ0) is 21.7. The first-order valence-electron chi connectivity index (χ1n) is 9.43. The molecule has 3 rings (SSSR count). The summed E-state index contributed by atoms with van der Waals surface area (Å²) in [5, 5.41) is 10.8. The van der Waals surface area contributed by atoms with Crippen LogP contribution in [-0.2, 0) is 10.9 Å². The van der Waals surface area contributed by atoms with Crippen molar-refractivity contribution in [3.05, 3.63) is 107 Å². The number of carbonyl (C=O) groups is 1. The van der Waals surface area contributed by atoms with E-state index in [-0.39, 0.29) is 0 Å². The molecule has 0 heterocycles. The zero-order valence-corrected chi connectivity index (χ0v) is 16.2. The van der Waals surface area contributed by atoms with Crippen molar-refractivity contribution >= 4 is 5.97 Å². The van der Waals surface area contributed by atoms with E-state index in [0.29, 0.717) is 16.7 Å². The summed E-state index contributed by atoms with van der Waals surface area (Å²) in [6, 6.07) is 21.8. The highest BCUT2D eigenvalue weighted by Gasteiger charge is 2.33. The van der Waals surface area contributed by atoms with Gasteiger partial charge in [-0.15, -0.1) is 0 Å². The first-order chi connectivity index (χ1) is 14.3. The number of hydrogen-bond acceptors (Lipinski definition) is 3. The Labute approximate surface area is 172 Å². The Kier molecular flexibility index (Phi) is 6.57. The standard InChI is InChI=1S/C24H21F3O3/c1-16(21(28)17-12-14-20(15-13-17)24(25,26)27)22(18-8-4-2-5-9-18)30-23(29)19-10-6-3-7-11-19/h2-16,21-22,28H,1H3/t16-,21-,22-/m0/s1. The lowest BCUT2D eigenvalue weighted by Gasteiger charge is -2.28. The molecule has 0 unspecified atom stereocenters. The number of aliphatic hydroxyl groups is 1. The topological polar surface area (TPSA) is 46.5 Å². The normalized spacial score (nSPS) is 14.6. The van der Waals surface area contributed by atoms with Crippen LogP contribution in [-0.4, -0.2) is 11.1 Å². The molecule has 3 atom stereocenters. The van der Waals surface area contributed by atoms with Gasteiger partial charge in [0, 0.05) is 5.92 Å². The highest BCUT2D eigenvalue weighted by Crippen LogP contribution is 2.37. The van der Waals surface area contributed by atoms with E-state index in [0.717, 1.165) is 12.1 Å². The van der Waals surface area contributed by atoms with Crippen LogP contribution in [0.1, 0.15) is 46.2 Å². The third kappa shape index (κ3) is 5.07. The number of hydrogen-bond donors (Lipinski definition) is 1. The molecule has 0 aromatic heterocycles. The van der Waals surface area contributed by atoms with E-state index in [9.17, 15) is 23.1 Å². The van der Waals surface area contributed by atoms with Crippen LogP contribution < -0.4 is 0 Å². The smallest absolute Gasteiger partial charge is 0.416 e. The molecule has 3 aromatic rings. The second kappa shape index (κ2) is 9.13. The Morgan fingerprint density at radius 2 is 1.37 bits per heavy atom. The van der Waals surface area contributed by atoms with Gasteiger partial charge in [0.05, 0.1) is 17.2 Å². The lowest BCUT2D eigenvalue weighted by molar-refractivity contribution is -0.137. The Morgan fingerprint density at radius 1 is 0.833 bits per heavy atom. The van der Waals surface area contributed by atoms with Crippen molar-refractivity contribution in [2.75, 3.05) is 0 Å². The summed E-state index contributed by atoms with van der Waals surface area (Å²) >= 11 is 0. The first-order valence-corrected chi connectivity index (χ1v) is 9.43. The minimum Gasteiger partial charge on any atom is -0.453 e. The summed E-state index contributed by atoms with van der Waals surface area (Å²) < 4.78 is 44.2. The van der Waals surface area contributed by atoms with Gasteiger partial charge >= 0.3 is 12.1 Å². The van der Waals surface area contributed by atoms with Gasteiger partial charge in [0.25, 0.3) is 0 Å². The fourth-order valence-electron chi connectivity index (χ4n) is 3.22. The fourth-order valence-corrected chi connectivity index (χ4v) is 3.22. The van der Waals surface area contributed by atoms with Crippen molar-refractivity contribution in [3.8, 4) is 0 Å². The molecule has 30 heavy (non-hydrogen) atoms. The van der Waals surface area contributed by atoms with Gasteiger partial charge < -0.3 is 9.84 Å². The lowest BCUT2D eigenvalue weighted by atomic mass is 9.88. The second-order valence-electron chi connectivity index (χ2n) is 7.03. The Bertz CT molecular complexity index is 954. The number of alkyl halides is 3. The molecule has 0 saturated carbocycles. The molecule has 0 saturated heterocycles. The van der Waals surface area contributed by atoms with E-state index in [1.165, 1.54) is 12.1 Å². The number of halogens is 3. The molecular weight excluding hydrogens is 393 g/mol. The van der Waals surface area contributed by atoms with Gasteiger partial charge in [0.2, 0.25) is 0 Å². The molecule has 0 fully saturated rings. The minimum absolute atomic E-state index is 0.312. The van der Waals surface area contributed by atoms with Crippen molar-refractivity contribution in [3.63, 3.8) is 0 Å². The number of rotatable bonds is 6. The molecule has 0 amide bonds. The number of carbonyl (C=O) groups excluding carboxylic acids is 1. The van der Waals surface area contributed by atoms with E-state index in [4.69, 9.17) is 4.74 Å². The van der Waals surface area contributed by atoms with Gasteiger partial charge in [0.1, 0.15) is 6.10 Å². The van der Waals surface area contributed by atoms with Crippen LogP contribution in [0, 0.1) is 5.92 Å². The third-order valence-corrected chi connectivity index (χ3v) is 4.93. The van der Waals surface area contributed by atoms with E-state index < -0.39 is 35.8 Å². The van der Waals surface area contributed by atoms with Crippen LogP contribution in [0.4, 0.5) is 13.2 Å². The van der Waals surface area contributed by atoms with Crippen LogP contribution >= 0.6 is 0 Å². The molecule has 6 heteroatoms. The largest absolute Gasteiger partial charge is 0.453 e. The van der Waals surface area contributed by atoms with Crippen LogP contribution in [0.25, 0.3) is 0 Å². The average molecular weight is 414 g/mol. The van der Waals surface area contributed by atoms with Crippen molar-refractivity contribution < 1.29 is 27.8 Å². The number of aliphatic hydroxyl groups excluding tert-OH is 1. The van der Waals surface area contributed by atoms with Crippen molar-refractivity contribution in [1.82, 2.24) is 0 Å². The van der Waals surface area contributed by atoms with E-state index >= 15 is 0 Å². The summed E-state index contributed by atoms with van der Waals surface area (Å²) in [4.78, 5) is 12.6. The predicted octanol–water partition coefficient (Wildman–Crippen LogP) is 5.97. The Morgan fingerprint density at radius 3 is 1.90 bits per heavy atom. The molecule has 3 aromatic carbocycles. The predicted molar refractivity (Wildman–Crippen MR) is 107 cm³/mol. The second-order valence-corrected chi connectivity index (χ2v) is 7.03. The van der Waals surface area contributed by atoms with Crippen LogP contribution in [0.3, 0.4) is 0 Å². The monoisotopic (exact) mass is 414 g/mol. The van der Waals surface area contributed by atoms with Gasteiger partial charge in [0.15, 0.2) is 0 Å². The average Bonchev–Trinajstić information content (AvgIpc) is 2.77. The van der Waals surface area contributed by atoms with E-state index in [1.807, 2.05) is 6.07 Å². The van der Waals surface area contributed by atoms with Gasteiger partial charge in [-0.3, -0.25) is 0 Å². The van der Waals surface area contributed by atoms with Gasteiger partial charge in [-0.05, 0) is 35.4 Å². The van der Waals surface area contributed by atoms with Gasteiger partial charge in [-0.2, -0.15) is 13.2 Å². The SMILES string of the molecule is C[C@@H]([C@H](O)c1ccc(C(F)(F)F)cc1)[C@H](OC(=O)c1ccccc1)c1ccccc1. The van der Waals surface area contributed by atoms with Crippen molar-refractivity contribution in [2.24, 2.45) is 5.92 Å².